The quantitative estimate of drug-likeness (QED) is 0.430. The second-order valence-corrected chi connectivity index (χ2v) is 10.6. The number of amides is 1. The second kappa shape index (κ2) is 11.2. The van der Waals surface area contributed by atoms with Crippen molar-refractivity contribution in [2.75, 3.05) is 13.2 Å². The summed E-state index contributed by atoms with van der Waals surface area (Å²) in [5, 5.41) is 2.71. The fourth-order valence-electron chi connectivity index (χ4n) is 3.32. The highest BCUT2D eigenvalue weighted by atomic mass is 32.2. The smallest absolute Gasteiger partial charge is 0.407 e. The van der Waals surface area contributed by atoms with Crippen LogP contribution in [-0.4, -0.2) is 41.4 Å². The summed E-state index contributed by atoms with van der Waals surface area (Å²) in [6.45, 7) is 17.2. The van der Waals surface area contributed by atoms with Crippen LogP contribution in [0.15, 0.2) is 17.0 Å². The predicted molar refractivity (Wildman–Crippen MR) is 123 cm³/mol. The van der Waals surface area contributed by atoms with Crippen molar-refractivity contribution in [1.29, 1.82) is 0 Å². The number of ether oxygens (including phenoxy) is 2. The molecule has 31 heavy (non-hydrogen) atoms. The van der Waals surface area contributed by atoms with E-state index < -0.39 is 40.5 Å². The first kappa shape index (κ1) is 27.3. The van der Waals surface area contributed by atoms with Gasteiger partial charge in [-0.2, -0.15) is 0 Å². The number of benzene rings is 1. The molecule has 1 aromatic rings. The van der Waals surface area contributed by atoms with Gasteiger partial charge >= 0.3 is 12.1 Å². The number of carbonyl (C=O) groups is 2. The van der Waals surface area contributed by atoms with Crippen molar-refractivity contribution < 1.29 is 23.6 Å². The second-order valence-electron chi connectivity index (χ2n) is 9.47. The largest absolute Gasteiger partial charge is 0.593 e. The standard InChI is InChI=1S/C23H38N2O5S/c1-10-29-20(26)19(23(8,9)11-12-24-21(27)30-22(5,6)7)25-31(28)18-16(3)13-15(2)14-17(18)4/h13-14,19,25H,10-12H2,1-9H3,(H,24,27). The van der Waals surface area contributed by atoms with Gasteiger partial charge in [-0.15, -0.1) is 4.72 Å². The molecule has 0 heterocycles. The zero-order chi connectivity index (χ0) is 24.0. The average Bonchev–Trinajstić information content (AvgIpc) is 2.56. The SMILES string of the molecule is CCOC(=O)C(N[S+]([O-])c1c(C)cc(C)cc1C)C(C)(C)CCNC(=O)OC(C)(C)C. The molecule has 0 bridgehead atoms. The summed E-state index contributed by atoms with van der Waals surface area (Å²) >= 11 is -1.61. The van der Waals surface area contributed by atoms with Crippen LogP contribution in [0.25, 0.3) is 0 Å². The van der Waals surface area contributed by atoms with Crippen molar-refractivity contribution in [3.05, 3.63) is 28.8 Å². The van der Waals surface area contributed by atoms with Crippen molar-refractivity contribution in [1.82, 2.24) is 10.0 Å². The van der Waals surface area contributed by atoms with Crippen molar-refractivity contribution in [2.45, 2.75) is 85.3 Å². The number of alkyl carbamates (subject to hydrolysis) is 1. The van der Waals surface area contributed by atoms with E-state index in [2.05, 4.69) is 10.0 Å². The summed E-state index contributed by atoms with van der Waals surface area (Å²) in [5.41, 5.74) is 1.65. The Morgan fingerprint density at radius 3 is 2.13 bits per heavy atom. The van der Waals surface area contributed by atoms with Gasteiger partial charge in [0.25, 0.3) is 0 Å². The number of aryl methyl sites for hydroxylation is 3. The molecule has 2 unspecified atom stereocenters. The van der Waals surface area contributed by atoms with E-state index in [0.29, 0.717) is 17.9 Å². The summed E-state index contributed by atoms with van der Waals surface area (Å²) in [6.07, 6.45) is -0.0652. The third-order valence-corrected chi connectivity index (χ3v) is 6.22. The van der Waals surface area contributed by atoms with E-state index in [1.165, 1.54) is 0 Å². The topological polar surface area (TPSA) is 99.7 Å². The molecular weight excluding hydrogens is 416 g/mol. The Kier molecular flexibility index (Phi) is 9.85. The first-order chi connectivity index (χ1) is 14.2. The molecule has 1 aromatic carbocycles. The Bertz CT molecular complexity index is 751. The van der Waals surface area contributed by atoms with Crippen LogP contribution in [-0.2, 0) is 25.6 Å². The highest BCUT2D eigenvalue weighted by Crippen LogP contribution is 2.29. The molecule has 1 rings (SSSR count). The molecule has 7 nitrogen and oxygen atoms in total. The van der Waals surface area contributed by atoms with Crippen molar-refractivity contribution in [3.8, 4) is 0 Å². The molecule has 176 valence electrons. The van der Waals surface area contributed by atoms with Crippen LogP contribution >= 0.6 is 0 Å². The van der Waals surface area contributed by atoms with E-state index in [1.807, 2.05) is 46.8 Å². The highest BCUT2D eigenvalue weighted by Gasteiger charge is 2.40. The molecule has 0 saturated heterocycles. The monoisotopic (exact) mass is 454 g/mol. The van der Waals surface area contributed by atoms with Crippen LogP contribution in [0.5, 0.6) is 0 Å². The molecule has 2 atom stereocenters. The number of hydrogen-bond donors (Lipinski definition) is 2. The van der Waals surface area contributed by atoms with Crippen molar-refractivity contribution in [3.63, 3.8) is 0 Å². The third kappa shape index (κ3) is 8.71. The molecule has 8 heteroatoms. The fraction of sp³-hybridized carbons (Fsp3) is 0.652. The van der Waals surface area contributed by atoms with E-state index in [4.69, 9.17) is 9.47 Å². The van der Waals surface area contributed by atoms with Gasteiger partial charge in [0.15, 0.2) is 10.9 Å². The van der Waals surface area contributed by atoms with Crippen LogP contribution in [0.1, 0.15) is 64.7 Å². The Balaban J connectivity index is 2.97. The van der Waals surface area contributed by atoms with E-state index in [1.54, 1.807) is 27.7 Å². The van der Waals surface area contributed by atoms with E-state index in [-0.39, 0.29) is 6.61 Å². The lowest BCUT2D eigenvalue weighted by atomic mass is 9.81. The molecule has 0 fully saturated rings. The molecule has 0 spiro atoms. The number of hydrogen-bond acceptors (Lipinski definition) is 6. The van der Waals surface area contributed by atoms with Gasteiger partial charge in [0.05, 0.1) is 18.0 Å². The molecular formula is C23H38N2O5S. The Morgan fingerprint density at radius 2 is 1.65 bits per heavy atom. The maximum Gasteiger partial charge on any atom is 0.407 e. The van der Waals surface area contributed by atoms with Gasteiger partial charge in [-0.05, 0) is 60.3 Å². The Morgan fingerprint density at radius 1 is 1.10 bits per heavy atom. The molecule has 0 aliphatic carbocycles. The number of carbonyl (C=O) groups excluding carboxylic acids is 2. The number of nitrogens with one attached hydrogen (secondary N) is 2. The van der Waals surface area contributed by atoms with Gasteiger partial charge < -0.3 is 19.3 Å². The third-order valence-electron chi connectivity index (χ3n) is 4.76. The normalized spacial score (nSPS) is 14.0. The van der Waals surface area contributed by atoms with Gasteiger partial charge in [0.1, 0.15) is 5.60 Å². The Labute approximate surface area is 190 Å². The van der Waals surface area contributed by atoms with E-state index in [9.17, 15) is 14.1 Å². The molecule has 0 aliphatic heterocycles. The van der Waals surface area contributed by atoms with Gasteiger partial charge in [-0.3, -0.25) is 4.79 Å². The first-order valence-electron chi connectivity index (χ1n) is 10.6. The summed E-state index contributed by atoms with van der Waals surface area (Å²) in [4.78, 5) is 25.3. The lowest BCUT2D eigenvalue weighted by Crippen LogP contribution is -2.52. The van der Waals surface area contributed by atoms with E-state index in [0.717, 1.165) is 16.7 Å². The molecule has 1 amide bonds. The van der Waals surface area contributed by atoms with Gasteiger partial charge in [-0.1, -0.05) is 31.5 Å². The lowest BCUT2D eigenvalue weighted by molar-refractivity contribution is -0.148. The van der Waals surface area contributed by atoms with Crippen LogP contribution < -0.4 is 10.0 Å². The van der Waals surface area contributed by atoms with Crippen LogP contribution in [0.4, 0.5) is 4.79 Å². The minimum Gasteiger partial charge on any atom is -0.593 e. The maximum atomic E-state index is 13.2. The van der Waals surface area contributed by atoms with Crippen molar-refractivity contribution >= 4 is 23.4 Å². The average molecular weight is 455 g/mol. The number of esters is 1. The fourth-order valence-corrected chi connectivity index (χ4v) is 4.77. The maximum absolute atomic E-state index is 13.2. The van der Waals surface area contributed by atoms with E-state index >= 15 is 0 Å². The minimum atomic E-state index is -1.61. The zero-order valence-corrected chi connectivity index (χ0v) is 21.1. The summed E-state index contributed by atoms with van der Waals surface area (Å²) in [6, 6.07) is 3.11. The molecule has 0 saturated carbocycles. The molecule has 2 N–H and O–H groups in total. The summed E-state index contributed by atoms with van der Waals surface area (Å²) in [5.74, 6) is -0.472. The molecule has 0 aliphatic rings. The molecule has 0 aromatic heterocycles. The van der Waals surface area contributed by atoms with Crippen LogP contribution in [0, 0.1) is 26.2 Å². The van der Waals surface area contributed by atoms with Gasteiger partial charge in [0, 0.05) is 17.7 Å². The van der Waals surface area contributed by atoms with Crippen LogP contribution in [0.3, 0.4) is 0 Å². The number of rotatable bonds is 9. The van der Waals surface area contributed by atoms with Gasteiger partial charge in [0.2, 0.25) is 0 Å². The zero-order valence-electron chi connectivity index (χ0n) is 20.3. The predicted octanol–water partition coefficient (Wildman–Crippen LogP) is 4.10. The first-order valence-corrected chi connectivity index (χ1v) is 11.7. The van der Waals surface area contributed by atoms with Gasteiger partial charge in [-0.25, -0.2) is 4.79 Å². The Hall–Kier alpha value is -1.77. The highest BCUT2D eigenvalue weighted by molar-refractivity contribution is 7.89. The van der Waals surface area contributed by atoms with Crippen LogP contribution in [0.2, 0.25) is 0 Å². The minimum absolute atomic E-state index is 0.221. The summed E-state index contributed by atoms with van der Waals surface area (Å²) < 4.78 is 26.7. The lowest BCUT2D eigenvalue weighted by Gasteiger charge is -2.33. The molecule has 0 radical (unpaired) electrons. The van der Waals surface area contributed by atoms with Crippen molar-refractivity contribution in [2.24, 2.45) is 5.41 Å². The summed E-state index contributed by atoms with van der Waals surface area (Å²) in [7, 11) is 0.